The highest BCUT2D eigenvalue weighted by Gasteiger charge is 2.38. The van der Waals surface area contributed by atoms with Gasteiger partial charge in [-0.2, -0.15) is 0 Å². The van der Waals surface area contributed by atoms with Gasteiger partial charge in [-0.1, -0.05) is 0 Å². The molecule has 0 unspecified atom stereocenters. The molecule has 4 N–H and O–H groups in total. The van der Waals surface area contributed by atoms with Crippen molar-refractivity contribution in [3.05, 3.63) is 28.2 Å². The van der Waals surface area contributed by atoms with E-state index >= 15 is 0 Å². The number of nitrogens with one attached hydrogen (secondary N) is 3. The summed E-state index contributed by atoms with van der Waals surface area (Å²) < 4.78 is 0. The number of carbonyl (C=O) groups is 1. The highest BCUT2D eigenvalue weighted by molar-refractivity contribution is 5.96. The summed E-state index contributed by atoms with van der Waals surface area (Å²) in [6, 6.07) is 1.01. The zero-order valence-electron chi connectivity index (χ0n) is 12.9. The molecule has 0 aliphatic carbocycles. The quantitative estimate of drug-likeness (QED) is 0.657. The average molecular weight is 293 g/mol. The summed E-state index contributed by atoms with van der Waals surface area (Å²) in [6.45, 7) is 8.41. The van der Waals surface area contributed by atoms with E-state index in [4.69, 9.17) is 0 Å². The standard InChI is InChI=1S/C15H23N3O3/c1-14(2)6-9(7-15(3,4)18-14)17-13(21)10-8-16-12(20)5-11(10)19/h5,8-9,18H,6-7H2,1-4H3,(H,17,21)(H2,16,19,20). The molecule has 1 aromatic heterocycles. The first-order valence-corrected chi connectivity index (χ1v) is 7.10. The van der Waals surface area contributed by atoms with Crippen LogP contribution < -0.4 is 16.2 Å². The third-order valence-corrected chi connectivity index (χ3v) is 3.67. The third-order valence-electron chi connectivity index (χ3n) is 3.67. The van der Waals surface area contributed by atoms with Gasteiger partial charge in [-0.25, -0.2) is 0 Å². The van der Waals surface area contributed by atoms with E-state index in [2.05, 4.69) is 43.3 Å². The van der Waals surface area contributed by atoms with Crippen molar-refractivity contribution in [2.75, 3.05) is 0 Å². The second kappa shape index (κ2) is 5.18. The highest BCUT2D eigenvalue weighted by Crippen LogP contribution is 2.28. The Kier molecular flexibility index (Phi) is 3.84. The fraction of sp³-hybridized carbons (Fsp3) is 0.600. The Hall–Kier alpha value is -1.82. The predicted octanol–water partition coefficient (Wildman–Crippen LogP) is 1.12. The number of amides is 1. The lowest BCUT2D eigenvalue weighted by Gasteiger charge is -2.46. The van der Waals surface area contributed by atoms with E-state index in [1.165, 1.54) is 6.20 Å². The van der Waals surface area contributed by atoms with Gasteiger partial charge in [-0.3, -0.25) is 9.59 Å². The van der Waals surface area contributed by atoms with Gasteiger partial charge < -0.3 is 20.7 Å². The normalized spacial score (nSPS) is 21.0. The fourth-order valence-corrected chi connectivity index (χ4v) is 3.33. The molecule has 0 atom stereocenters. The Balaban J connectivity index is 2.14. The molecule has 1 saturated heterocycles. The number of hydrogen-bond donors (Lipinski definition) is 4. The molecule has 6 nitrogen and oxygen atoms in total. The lowest BCUT2D eigenvalue weighted by molar-refractivity contribution is 0.0870. The minimum atomic E-state index is -0.437. The highest BCUT2D eigenvalue weighted by atomic mass is 16.3. The molecule has 1 aliphatic heterocycles. The van der Waals surface area contributed by atoms with E-state index in [1.807, 2.05) is 0 Å². The zero-order valence-corrected chi connectivity index (χ0v) is 12.9. The maximum Gasteiger partial charge on any atom is 0.256 e. The summed E-state index contributed by atoms with van der Waals surface area (Å²) in [4.78, 5) is 25.7. The topological polar surface area (TPSA) is 94.2 Å². The van der Waals surface area contributed by atoms with Gasteiger partial charge in [0.25, 0.3) is 11.5 Å². The molecule has 0 spiro atoms. The number of aromatic nitrogens is 1. The molecule has 0 saturated carbocycles. The number of aromatic amines is 1. The maximum absolute atomic E-state index is 12.3. The Labute approximate surface area is 124 Å². The summed E-state index contributed by atoms with van der Waals surface area (Å²) in [5.74, 6) is -0.675. The first-order chi connectivity index (χ1) is 9.58. The Morgan fingerprint density at radius 1 is 1.29 bits per heavy atom. The van der Waals surface area contributed by atoms with E-state index in [9.17, 15) is 14.7 Å². The molecule has 0 aromatic carbocycles. The number of H-pyrrole nitrogens is 1. The second-order valence-corrected chi connectivity index (χ2v) is 7.07. The Morgan fingerprint density at radius 2 is 1.86 bits per heavy atom. The average Bonchev–Trinajstić information content (AvgIpc) is 2.23. The number of hydrogen-bond acceptors (Lipinski definition) is 4. The molecule has 2 heterocycles. The van der Waals surface area contributed by atoms with Gasteiger partial charge in [0.2, 0.25) is 0 Å². The Morgan fingerprint density at radius 3 is 2.38 bits per heavy atom. The van der Waals surface area contributed by atoms with Crippen molar-refractivity contribution in [3.63, 3.8) is 0 Å². The summed E-state index contributed by atoms with van der Waals surface area (Å²) in [5.41, 5.74) is -0.503. The van der Waals surface area contributed by atoms with Crippen molar-refractivity contribution in [1.82, 2.24) is 15.6 Å². The van der Waals surface area contributed by atoms with Gasteiger partial charge in [-0.15, -0.1) is 0 Å². The number of pyridine rings is 1. The number of rotatable bonds is 2. The van der Waals surface area contributed by atoms with Gasteiger partial charge in [0, 0.05) is 29.4 Å². The molecule has 21 heavy (non-hydrogen) atoms. The lowest BCUT2D eigenvalue weighted by atomic mass is 9.79. The van der Waals surface area contributed by atoms with E-state index in [1.54, 1.807) is 0 Å². The van der Waals surface area contributed by atoms with Gasteiger partial charge in [0.05, 0.1) is 5.56 Å². The van der Waals surface area contributed by atoms with E-state index < -0.39 is 5.56 Å². The van der Waals surface area contributed by atoms with Gasteiger partial charge in [0.1, 0.15) is 5.75 Å². The van der Waals surface area contributed by atoms with Crippen molar-refractivity contribution in [1.29, 1.82) is 0 Å². The first kappa shape index (κ1) is 15.6. The molecule has 6 heteroatoms. The van der Waals surface area contributed by atoms with Crippen LogP contribution in [0.5, 0.6) is 5.75 Å². The van der Waals surface area contributed by atoms with Crippen LogP contribution in [0.4, 0.5) is 0 Å². The van der Waals surface area contributed by atoms with E-state index in [-0.39, 0.29) is 34.3 Å². The van der Waals surface area contributed by atoms with Crippen LogP contribution in [0.2, 0.25) is 0 Å². The van der Waals surface area contributed by atoms with Gasteiger partial charge >= 0.3 is 0 Å². The molecule has 1 aromatic rings. The number of carbonyl (C=O) groups excluding carboxylic acids is 1. The molecule has 0 bridgehead atoms. The van der Waals surface area contributed by atoms with Crippen LogP contribution in [0.3, 0.4) is 0 Å². The molecular formula is C15H23N3O3. The van der Waals surface area contributed by atoms with Crippen LogP contribution in [-0.2, 0) is 0 Å². The van der Waals surface area contributed by atoms with Crippen LogP contribution in [0, 0.1) is 0 Å². The molecule has 0 radical (unpaired) electrons. The SMILES string of the molecule is CC1(C)CC(NC(=O)c2c[nH]c(=O)cc2O)CC(C)(C)N1. The van der Waals surface area contributed by atoms with Crippen molar-refractivity contribution in [3.8, 4) is 5.75 Å². The van der Waals surface area contributed by atoms with Gasteiger partial charge in [0.15, 0.2) is 0 Å². The van der Waals surface area contributed by atoms with Crippen LogP contribution >= 0.6 is 0 Å². The fourth-order valence-electron chi connectivity index (χ4n) is 3.33. The van der Waals surface area contributed by atoms with Crippen molar-refractivity contribution in [2.45, 2.75) is 57.7 Å². The molecular weight excluding hydrogens is 270 g/mol. The van der Waals surface area contributed by atoms with Crippen molar-refractivity contribution in [2.24, 2.45) is 0 Å². The summed E-state index contributed by atoms with van der Waals surface area (Å²) >= 11 is 0. The predicted molar refractivity (Wildman–Crippen MR) is 80.5 cm³/mol. The molecule has 2 rings (SSSR count). The van der Waals surface area contributed by atoms with Crippen LogP contribution in [0.25, 0.3) is 0 Å². The van der Waals surface area contributed by atoms with Crippen LogP contribution in [0.15, 0.2) is 17.1 Å². The molecule has 1 fully saturated rings. The first-order valence-electron chi connectivity index (χ1n) is 7.10. The van der Waals surface area contributed by atoms with Crippen molar-refractivity contribution < 1.29 is 9.90 Å². The van der Waals surface area contributed by atoms with Crippen LogP contribution in [-0.4, -0.2) is 33.1 Å². The summed E-state index contributed by atoms with van der Waals surface area (Å²) in [5, 5.41) is 16.2. The number of piperidine rings is 1. The minimum absolute atomic E-state index is 0.00933. The third kappa shape index (κ3) is 3.85. The second-order valence-electron chi connectivity index (χ2n) is 7.07. The Bertz CT molecular complexity index is 588. The molecule has 1 aliphatic rings. The van der Waals surface area contributed by atoms with E-state index in [0.29, 0.717) is 0 Å². The summed E-state index contributed by atoms with van der Waals surface area (Å²) in [6.07, 6.45) is 2.84. The van der Waals surface area contributed by atoms with Gasteiger partial charge in [-0.05, 0) is 40.5 Å². The van der Waals surface area contributed by atoms with Crippen LogP contribution in [0.1, 0.15) is 50.9 Å². The largest absolute Gasteiger partial charge is 0.507 e. The maximum atomic E-state index is 12.3. The number of aromatic hydroxyl groups is 1. The molecule has 116 valence electrons. The van der Waals surface area contributed by atoms with E-state index in [0.717, 1.165) is 18.9 Å². The summed E-state index contributed by atoms with van der Waals surface area (Å²) in [7, 11) is 0. The van der Waals surface area contributed by atoms with Crippen molar-refractivity contribution >= 4 is 5.91 Å². The minimum Gasteiger partial charge on any atom is -0.507 e. The molecule has 1 amide bonds. The zero-order chi connectivity index (χ0) is 15.8. The smallest absolute Gasteiger partial charge is 0.256 e. The lowest BCUT2D eigenvalue weighted by Crippen LogP contribution is -2.62. The monoisotopic (exact) mass is 293 g/mol.